The molecule has 4 atom stereocenters. The molecule has 1 saturated heterocycles. The summed E-state index contributed by atoms with van der Waals surface area (Å²) >= 11 is 0. The largest absolute Gasteiger partial charge is 0.493 e. The molecule has 0 unspecified atom stereocenters. The summed E-state index contributed by atoms with van der Waals surface area (Å²) < 4.78 is 22.1. The Bertz CT molecular complexity index is 1030. The number of rotatable bonds is 18. The lowest BCUT2D eigenvalue weighted by Gasteiger charge is -2.34. The maximum Gasteiger partial charge on any atom is 0.410 e. The fraction of sp³-hybridized carbons (Fsp3) is 0.778. The van der Waals surface area contributed by atoms with E-state index in [9.17, 15) is 14.7 Å². The van der Waals surface area contributed by atoms with Gasteiger partial charge in [0, 0.05) is 51.6 Å². The quantitative estimate of drug-likeness (QED) is 0.181. The number of carbonyl (C=O) groups is 2. The predicted octanol–water partition coefficient (Wildman–Crippen LogP) is 6.27. The molecule has 0 aliphatic carbocycles. The molecule has 9 heteroatoms. The van der Waals surface area contributed by atoms with E-state index in [1.165, 1.54) is 0 Å². The zero-order valence-corrected chi connectivity index (χ0v) is 29.5. The molecule has 0 bridgehead atoms. The number of carbonyl (C=O) groups excluding carboxylic acids is 2. The van der Waals surface area contributed by atoms with Crippen molar-refractivity contribution in [3.05, 3.63) is 23.8 Å². The van der Waals surface area contributed by atoms with Crippen LogP contribution >= 0.6 is 0 Å². The van der Waals surface area contributed by atoms with Crippen molar-refractivity contribution in [1.82, 2.24) is 4.90 Å². The monoisotopic (exact) mass is 634 g/mol. The van der Waals surface area contributed by atoms with Crippen LogP contribution in [0.4, 0.5) is 4.79 Å². The van der Waals surface area contributed by atoms with Crippen LogP contribution in [0.15, 0.2) is 18.2 Å². The van der Waals surface area contributed by atoms with Gasteiger partial charge in [-0.1, -0.05) is 33.8 Å². The van der Waals surface area contributed by atoms with Crippen molar-refractivity contribution in [2.45, 2.75) is 111 Å². The van der Waals surface area contributed by atoms with Gasteiger partial charge in [-0.3, -0.25) is 4.79 Å². The standard InChI is InChI=1S/C36H62N2O7/c1-24(2)28(19-27-11-12-33(43-9)34(21-27)44-18-10-17-42-8)22-30(37)32(40)23-29(25(3)4)31(39)20-26-13-15-38(16-14-26)35(41)45-36(5,6)7/h11-12,21,24-26,28-30,32,40H,10,13-20,22-23,37H2,1-9H3/t28-,29-,30-,32-/m0/s1. The Morgan fingerprint density at radius 1 is 1.00 bits per heavy atom. The third kappa shape index (κ3) is 13.5. The minimum absolute atomic E-state index is 0.101. The number of aliphatic hydroxyl groups excluding tert-OH is 1. The highest BCUT2D eigenvalue weighted by atomic mass is 16.6. The third-order valence-electron chi connectivity index (χ3n) is 8.96. The Hall–Kier alpha value is -2.36. The summed E-state index contributed by atoms with van der Waals surface area (Å²) in [5, 5.41) is 11.2. The van der Waals surface area contributed by atoms with Crippen molar-refractivity contribution in [2.24, 2.45) is 35.3 Å². The topological polar surface area (TPSA) is 121 Å². The number of Topliss-reactive ketones (excluding diaryl/α,β-unsaturated/α-hetero) is 1. The number of ketones is 1. The smallest absolute Gasteiger partial charge is 0.410 e. The molecule has 0 spiro atoms. The molecule has 0 radical (unpaired) electrons. The summed E-state index contributed by atoms with van der Waals surface area (Å²) in [5.74, 6) is 2.26. The molecule has 45 heavy (non-hydrogen) atoms. The van der Waals surface area contributed by atoms with Gasteiger partial charge in [0.2, 0.25) is 0 Å². The summed E-state index contributed by atoms with van der Waals surface area (Å²) in [7, 11) is 3.32. The van der Waals surface area contributed by atoms with Crippen LogP contribution in [-0.4, -0.2) is 80.2 Å². The van der Waals surface area contributed by atoms with E-state index in [1.54, 1.807) is 19.1 Å². The Labute approximate surface area is 272 Å². The van der Waals surface area contributed by atoms with Gasteiger partial charge < -0.3 is 34.7 Å². The number of hydrogen-bond donors (Lipinski definition) is 2. The van der Waals surface area contributed by atoms with Crippen molar-refractivity contribution in [3.8, 4) is 11.5 Å². The first kappa shape index (κ1) is 38.8. The molecule has 1 aliphatic heterocycles. The van der Waals surface area contributed by atoms with E-state index in [0.29, 0.717) is 63.0 Å². The maximum atomic E-state index is 13.5. The van der Waals surface area contributed by atoms with Gasteiger partial charge in [0.25, 0.3) is 0 Å². The van der Waals surface area contributed by atoms with Crippen molar-refractivity contribution < 1.29 is 33.6 Å². The number of piperidine rings is 1. The second-order valence-electron chi connectivity index (χ2n) is 14.5. The van der Waals surface area contributed by atoms with Crippen LogP contribution in [0.2, 0.25) is 0 Å². The van der Waals surface area contributed by atoms with Crippen molar-refractivity contribution >= 4 is 11.9 Å². The molecule has 2 rings (SSSR count). The summed E-state index contributed by atoms with van der Waals surface area (Å²) in [6, 6.07) is 5.59. The number of benzene rings is 1. The van der Waals surface area contributed by atoms with Gasteiger partial charge in [0.15, 0.2) is 11.5 Å². The lowest BCUT2D eigenvalue weighted by atomic mass is 9.78. The van der Waals surface area contributed by atoms with Gasteiger partial charge in [-0.15, -0.1) is 0 Å². The number of amides is 1. The molecule has 3 N–H and O–H groups in total. The number of ether oxygens (including phenoxy) is 4. The molecule has 0 aromatic heterocycles. The first-order chi connectivity index (χ1) is 21.1. The first-order valence-electron chi connectivity index (χ1n) is 16.9. The molecule has 9 nitrogen and oxygen atoms in total. The summed E-state index contributed by atoms with van der Waals surface area (Å²) in [6.45, 7) is 16.4. The predicted molar refractivity (Wildman–Crippen MR) is 179 cm³/mol. The summed E-state index contributed by atoms with van der Waals surface area (Å²) in [5.41, 5.74) is 7.24. The van der Waals surface area contributed by atoms with Gasteiger partial charge in [-0.25, -0.2) is 4.79 Å². The zero-order valence-electron chi connectivity index (χ0n) is 29.5. The molecule has 1 heterocycles. The number of nitrogens with zero attached hydrogens (tertiary/aromatic N) is 1. The molecule has 1 aliphatic rings. The molecule has 258 valence electrons. The lowest BCUT2D eigenvalue weighted by molar-refractivity contribution is -0.126. The van der Waals surface area contributed by atoms with Crippen LogP contribution in [0.5, 0.6) is 11.5 Å². The Kier molecular flexibility index (Phi) is 16.1. The van der Waals surface area contributed by atoms with Gasteiger partial charge in [0.05, 0.1) is 19.8 Å². The highest BCUT2D eigenvalue weighted by Crippen LogP contribution is 2.32. The average molecular weight is 635 g/mol. The van der Waals surface area contributed by atoms with E-state index in [4.69, 9.17) is 24.7 Å². The molecule has 0 saturated carbocycles. The minimum atomic E-state index is -0.771. The highest BCUT2D eigenvalue weighted by Gasteiger charge is 2.33. The van der Waals surface area contributed by atoms with Crippen LogP contribution in [0.25, 0.3) is 0 Å². The Morgan fingerprint density at radius 2 is 1.67 bits per heavy atom. The maximum absolute atomic E-state index is 13.5. The number of hydrogen-bond acceptors (Lipinski definition) is 8. The van der Waals surface area contributed by atoms with E-state index in [1.807, 2.05) is 46.8 Å². The van der Waals surface area contributed by atoms with E-state index in [0.717, 1.165) is 31.2 Å². The number of nitrogens with two attached hydrogens (primary N) is 1. The van der Waals surface area contributed by atoms with E-state index in [2.05, 4.69) is 19.9 Å². The van der Waals surface area contributed by atoms with Crippen LogP contribution in [-0.2, 0) is 20.7 Å². The molecular weight excluding hydrogens is 572 g/mol. The van der Waals surface area contributed by atoms with Gasteiger partial charge in [-0.2, -0.15) is 0 Å². The van der Waals surface area contributed by atoms with Gasteiger partial charge in [0.1, 0.15) is 11.4 Å². The van der Waals surface area contributed by atoms with Crippen molar-refractivity contribution in [1.29, 1.82) is 0 Å². The lowest BCUT2D eigenvalue weighted by Crippen LogP contribution is -2.43. The second kappa shape index (κ2) is 18.7. The highest BCUT2D eigenvalue weighted by molar-refractivity contribution is 5.81. The zero-order chi connectivity index (χ0) is 33.7. The second-order valence-corrected chi connectivity index (χ2v) is 14.5. The molecule has 1 fully saturated rings. The van der Waals surface area contributed by atoms with E-state index >= 15 is 0 Å². The van der Waals surface area contributed by atoms with Crippen LogP contribution in [0, 0.1) is 29.6 Å². The summed E-state index contributed by atoms with van der Waals surface area (Å²) in [6.07, 6.45) is 3.56. The van der Waals surface area contributed by atoms with Gasteiger partial charge >= 0.3 is 6.09 Å². The molecule has 1 aromatic carbocycles. The van der Waals surface area contributed by atoms with Gasteiger partial charge in [-0.05, 0) is 94.2 Å². The first-order valence-corrected chi connectivity index (χ1v) is 16.9. The van der Waals surface area contributed by atoms with Crippen molar-refractivity contribution in [3.63, 3.8) is 0 Å². The van der Waals surface area contributed by atoms with Crippen LogP contribution in [0.3, 0.4) is 0 Å². The SMILES string of the molecule is COCCCOc1cc(C[C@@H](C[C@H](N)[C@@H](O)C[C@H](C(=O)CC2CCN(C(=O)OC(C)(C)C)CC2)C(C)C)C(C)C)ccc1OC. The van der Waals surface area contributed by atoms with E-state index < -0.39 is 17.7 Å². The van der Waals surface area contributed by atoms with E-state index in [-0.39, 0.29) is 35.5 Å². The number of methoxy groups -OCH3 is 2. The molecular formula is C36H62N2O7. The Morgan fingerprint density at radius 3 is 2.22 bits per heavy atom. The molecule has 1 amide bonds. The molecule has 1 aromatic rings. The number of aliphatic hydroxyl groups is 1. The summed E-state index contributed by atoms with van der Waals surface area (Å²) in [4.78, 5) is 27.7. The minimum Gasteiger partial charge on any atom is -0.493 e. The third-order valence-corrected chi connectivity index (χ3v) is 8.96. The number of likely N-dealkylation sites (tertiary alicyclic amines) is 1. The normalized spacial score (nSPS) is 17.2. The van der Waals surface area contributed by atoms with Crippen molar-refractivity contribution in [2.75, 3.05) is 40.5 Å². The van der Waals surface area contributed by atoms with Crippen LogP contribution < -0.4 is 15.2 Å². The Balaban J connectivity index is 1.96. The fourth-order valence-electron chi connectivity index (χ4n) is 6.04. The van der Waals surface area contributed by atoms with Crippen LogP contribution in [0.1, 0.15) is 92.6 Å². The average Bonchev–Trinajstić information content (AvgIpc) is 2.96. The fourth-order valence-corrected chi connectivity index (χ4v) is 6.04.